The predicted octanol–water partition coefficient (Wildman–Crippen LogP) is 2.16. The van der Waals surface area contributed by atoms with Crippen molar-refractivity contribution in [1.82, 2.24) is 0 Å². The number of anilines is 1. The first-order valence-corrected chi connectivity index (χ1v) is 4.97. The van der Waals surface area contributed by atoms with Crippen molar-refractivity contribution < 1.29 is 4.74 Å². The van der Waals surface area contributed by atoms with Crippen LogP contribution in [0.4, 0.5) is 5.69 Å². The van der Waals surface area contributed by atoms with E-state index in [2.05, 4.69) is 5.32 Å². The Morgan fingerprint density at radius 3 is 3.07 bits per heavy atom. The molecule has 1 atom stereocenters. The molecule has 3 nitrogen and oxygen atoms in total. The summed E-state index contributed by atoms with van der Waals surface area (Å²) in [5.74, 6) is 0.685. The van der Waals surface area contributed by atoms with Gasteiger partial charge in [0.05, 0.1) is 12.1 Å². The van der Waals surface area contributed by atoms with Crippen molar-refractivity contribution in [3.8, 4) is 5.75 Å². The number of hydrogen-bond acceptors (Lipinski definition) is 3. The van der Waals surface area contributed by atoms with Gasteiger partial charge >= 0.3 is 0 Å². The van der Waals surface area contributed by atoms with Crippen molar-refractivity contribution in [1.29, 1.82) is 0 Å². The van der Waals surface area contributed by atoms with Gasteiger partial charge in [-0.3, -0.25) is 0 Å². The first-order chi connectivity index (χ1) is 6.74. The average molecular weight is 213 g/mol. The highest BCUT2D eigenvalue weighted by Gasteiger charge is 2.21. The molecule has 1 aromatic rings. The van der Waals surface area contributed by atoms with Gasteiger partial charge in [0.25, 0.3) is 0 Å². The molecule has 3 N–H and O–H groups in total. The van der Waals surface area contributed by atoms with E-state index in [1.54, 1.807) is 7.11 Å². The Balaban J connectivity index is 2.54. The van der Waals surface area contributed by atoms with Crippen LogP contribution in [0.5, 0.6) is 5.75 Å². The third-order valence-corrected chi connectivity index (χ3v) is 2.90. The van der Waals surface area contributed by atoms with Crippen LogP contribution in [0.2, 0.25) is 5.02 Å². The molecule has 14 heavy (non-hydrogen) atoms. The Morgan fingerprint density at radius 1 is 1.57 bits per heavy atom. The van der Waals surface area contributed by atoms with E-state index in [0.717, 1.165) is 24.2 Å². The zero-order chi connectivity index (χ0) is 10.1. The first kappa shape index (κ1) is 9.62. The molecule has 0 aromatic heterocycles. The van der Waals surface area contributed by atoms with Gasteiger partial charge in [-0.1, -0.05) is 11.6 Å². The fourth-order valence-electron chi connectivity index (χ4n) is 1.75. The van der Waals surface area contributed by atoms with E-state index in [1.165, 1.54) is 0 Å². The number of fused-ring (bicyclic) bond motifs is 1. The summed E-state index contributed by atoms with van der Waals surface area (Å²) in [6.07, 6.45) is 0.903. The first-order valence-electron chi connectivity index (χ1n) is 4.60. The second-order valence-corrected chi connectivity index (χ2v) is 3.74. The van der Waals surface area contributed by atoms with Crippen molar-refractivity contribution in [2.75, 3.05) is 19.0 Å². The molecule has 1 unspecified atom stereocenters. The maximum absolute atomic E-state index is 6.18. The van der Waals surface area contributed by atoms with Gasteiger partial charge in [-0.25, -0.2) is 0 Å². The second kappa shape index (κ2) is 3.67. The van der Waals surface area contributed by atoms with E-state index in [9.17, 15) is 0 Å². The minimum absolute atomic E-state index is 0.00819. The van der Waals surface area contributed by atoms with E-state index in [1.807, 2.05) is 12.1 Å². The monoisotopic (exact) mass is 212 g/mol. The van der Waals surface area contributed by atoms with Crippen molar-refractivity contribution in [3.05, 3.63) is 22.7 Å². The SMILES string of the molecule is COc1ccc2c(c1Cl)C(N)CCN2. The van der Waals surface area contributed by atoms with Crippen LogP contribution in [0, 0.1) is 0 Å². The molecule has 0 bridgehead atoms. The smallest absolute Gasteiger partial charge is 0.137 e. The van der Waals surface area contributed by atoms with Gasteiger partial charge in [-0.05, 0) is 18.6 Å². The molecule has 0 radical (unpaired) electrons. The van der Waals surface area contributed by atoms with Gasteiger partial charge in [0.1, 0.15) is 5.75 Å². The van der Waals surface area contributed by atoms with Crippen LogP contribution < -0.4 is 15.8 Å². The minimum Gasteiger partial charge on any atom is -0.495 e. The summed E-state index contributed by atoms with van der Waals surface area (Å²) in [6, 6.07) is 3.82. The lowest BCUT2D eigenvalue weighted by Crippen LogP contribution is -2.22. The van der Waals surface area contributed by atoms with Crippen molar-refractivity contribution in [2.24, 2.45) is 5.73 Å². The zero-order valence-corrected chi connectivity index (χ0v) is 8.77. The van der Waals surface area contributed by atoms with E-state index >= 15 is 0 Å². The van der Waals surface area contributed by atoms with Crippen LogP contribution in [0.3, 0.4) is 0 Å². The molecule has 1 aromatic carbocycles. The Bertz CT molecular complexity index is 354. The quantitative estimate of drug-likeness (QED) is 0.750. The molecule has 1 aliphatic heterocycles. The second-order valence-electron chi connectivity index (χ2n) is 3.36. The Kier molecular flexibility index (Phi) is 2.52. The van der Waals surface area contributed by atoms with Crippen molar-refractivity contribution in [2.45, 2.75) is 12.5 Å². The number of methoxy groups -OCH3 is 1. The highest BCUT2D eigenvalue weighted by atomic mass is 35.5. The lowest BCUT2D eigenvalue weighted by Gasteiger charge is -2.25. The molecule has 0 saturated carbocycles. The number of nitrogens with two attached hydrogens (primary N) is 1. The molecule has 1 aliphatic rings. The molecule has 76 valence electrons. The molecule has 0 saturated heterocycles. The van der Waals surface area contributed by atoms with E-state index < -0.39 is 0 Å². The van der Waals surface area contributed by atoms with Gasteiger partial charge < -0.3 is 15.8 Å². The highest BCUT2D eigenvalue weighted by Crippen LogP contribution is 2.39. The van der Waals surface area contributed by atoms with Crippen LogP contribution in [0.1, 0.15) is 18.0 Å². The molecule has 2 rings (SSSR count). The molecule has 0 fully saturated rings. The lowest BCUT2D eigenvalue weighted by atomic mass is 9.98. The summed E-state index contributed by atoms with van der Waals surface area (Å²) < 4.78 is 5.14. The lowest BCUT2D eigenvalue weighted by molar-refractivity contribution is 0.414. The third kappa shape index (κ3) is 1.42. The fraction of sp³-hybridized carbons (Fsp3) is 0.400. The number of halogens is 1. The summed E-state index contributed by atoms with van der Waals surface area (Å²) >= 11 is 6.18. The van der Waals surface area contributed by atoms with Gasteiger partial charge in [0.15, 0.2) is 0 Å². The topological polar surface area (TPSA) is 47.3 Å². The Morgan fingerprint density at radius 2 is 2.36 bits per heavy atom. The van der Waals surface area contributed by atoms with Crippen LogP contribution >= 0.6 is 11.6 Å². The summed E-state index contributed by atoms with van der Waals surface area (Å²) in [7, 11) is 1.61. The number of hydrogen-bond donors (Lipinski definition) is 2. The predicted molar refractivity (Wildman–Crippen MR) is 58.0 cm³/mol. The molecule has 0 aliphatic carbocycles. The van der Waals surface area contributed by atoms with Crippen molar-refractivity contribution in [3.63, 3.8) is 0 Å². The Hall–Kier alpha value is -0.930. The van der Waals surface area contributed by atoms with Gasteiger partial charge in [-0.2, -0.15) is 0 Å². The summed E-state index contributed by atoms with van der Waals surface area (Å²) in [4.78, 5) is 0. The Labute approximate surface area is 88.2 Å². The molecular weight excluding hydrogens is 200 g/mol. The maximum atomic E-state index is 6.18. The largest absolute Gasteiger partial charge is 0.495 e. The van der Waals surface area contributed by atoms with Crippen LogP contribution in [0.15, 0.2) is 12.1 Å². The highest BCUT2D eigenvalue weighted by molar-refractivity contribution is 6.33. The van der Waals surface area contributed by atoms with E-state index in [0.29, 0.717) is 10.8 Å². The summed E-state index contributed by atoms with van der Waals surface area (Å²) in [5, 5.41) is 3.89. The third-order valence-electron chi connectivity index (χ3n) is 2.51. The zero-order valence-electron chi connectivity index (χ0n) is 8.01. The molecule has 4 heteroatoms. The minimum atomic E-state index is 0.00819. The number of ether oxygens (including phenoxy) is 1. The van der Waals surface area contributed by atoms with Crippen LogP contribution in [-0.4, -0.2) is 13.7 Å². The molecule has 0 amide bonds. The normalized spacial score (nSPS) is 19.8. The average Bonchev–Trinajstić information content (AvgIpc) is 2.18. The summed E-state index contributed by atoms with van der Waals surface area (Å²) in [6.45, 7) is 0.900. The maximum Gasteiger partial charge on any atom is 0.137 e. The number of nitrogens with one attached hydrogen (secondary N) is 1. The summed E-state index contributed by atoms with van der Waals surface area (Å²) in [5.41, 5.74) is 7.98. The number of rotatable bonds is 1. The van der Waals surface area contributed by atoms with Gasteiger partial charge in [-0.15, -0.1) is 0 Å². The van der Waals surface area contributed by atoms with Gasteiger partial charge in [0.2, 0.25) is 0 Å². The number of benzene rings is 1. The standard InChI is InChI=1S/C10H13ClN2O/c1-14-8-3-2-7-9(10(8)11)6(12)4-5-13-7/h2-3,6,13H,4-5,12H2,1H3. The van der Waals surface area contributed by atoms with Crippen LogP contribution in [-0.2, 0) is 0 Å². The molecule has 1 heterocycles. The van der Waals surface area contributed by atoms with Crippen molar-refractivity contribution >= 4 is 17.3 Å². The van der Waals surface area contributed by atoms with E-state index in [-0.39, 0.29) is 6.04 Å². The molecular formula is C10H13ClN2O. The van der Waals surface area contributed by atoms with Crippen LogP contribution in [0.25, 0.3) is 0 Å². The van der Waals surface area contributed by atoms with E-state index in [4.69, 9.17) is 22.1 Å². The fourth-order valence-corrected chi connectivity index (χ4v) is 2.14. The molecule has 0 spiro atoms. The van der Waals surface area contributed by atoms with Gasteiger partial charge in [0, 0.05) is 23.8 Å².